The first-order valence-electron chi connectivity index (χ1n) is 9.38. The average Bonchev–Trinajstić information content (AvgIpc) is 3.03. The fourth-order valence-corrected chi connectivity index (χ4v) is 4.72. The highest BCUT2D eigenvalue weighted by molar-refractivity contribution is 7.90. The van der Waals surface area contributed by atoms with Gasteiger partial charge in [-0.2, -0.15) is 4.99 Å². The van der Waals surface area contributed by atoms with E-state index in [4.69, 9.17) is 4.74 Å². The van der Waals surface area contributed by atoms with E-state index >= 15 is 0 Å². The van der Waals surface area contributed by atoms with Gasteiger partial charge in [0, 0.05) is 12.7 Å². The van der Waals surface area contributed by atoms with E-state index in [-0.39, 0.29) is 30.4 Å². The Morgan fingerprint density at radius 1 is 1.13 bits per heavy atom. The number of benzene rings is 2. The van der Waals surface area contributed by atoms with Gasteiger partial charge in [0.05, 0.1) is 21.7 Å². The highest BCUT2D eigenvalue weighted by Gasteiger charge is 2.15. The molecule has 7 nitrogen and oxygen atoms in total. The molecular weight excluding hydrogens is 424 g/mol. The number of hydrogen-bond donors (Lipinski definition) is 0. The largest absolute Gasteiger partial charge is 0.465 e. The molecule has 0 spiro atoms. The number of esters is 1. The zero-order valence-corrected chi connectivity index (χ0v) is 18.3. The zero-order valence-electron chi connectivity index (χ0n) is 16.7. The molecule has 0 unspecified atom stereocenters. The van der Waals surface area contributed by atoms with Gasteiger partial charge in [-0.1, -0.05) is 41.7 Å². The normalized spacial score (nSPS) is 12.3. The Balaban J connectivity index is 1.98. The molecule has 2 aromatic carbocycles. The molecule has 0 bridgehead atoms. The third-order valence-electron chi connectivity index (χ3n) is 4.37. The molecule has 0 atom stereocenters. The Kier molecular flexibility index (Phi) is 6.84. The van der Waals surface area contributed by atoms with Gasteiger partial charge in [0.1, 0.15) is 6.54 Å². The molecular formula is C21H22N2O5S2. The summed E-state index contributed by atoms with van der Waals surface area (Å²) >= 11 is 1.17. The van der Waals surface area contributed by atoms with Crippen LogP contribution in [-0.4, -0.2) is 37.7 Å². The molecule has 1 amide bonds. The van der Waals surface area contributed by atoms with Crippen LogP contribution in [0.3, 0.4) is 0 Å². The van der Waals surface area contributed by atoms with Gasteiger partial charge in [-0.3, -0.25) is 9.59 Å². The van der Waals surface area contributed by atoms with Crippen molar-refractivity contribution in [3.8, 4) is 0 Å². The van der Waals surface area contributed by atoms with Gasteiger partial charge in [0.2, 0.25) is 5.91 Å². The first-order valence-corrected chi connectivity index (χ1v) is 12.1. The van der Waals surface area contributed by atoms with Crippen molar-refractivity contribution >= 4 is 43.3 Å². The van der Waals surface area contributed by atoms with Crippen molar-refractivity contribution in [2.75, 3.05) is 12.9 Å². The summed E-state index contributed by atoms with van der Waals surface area (Å²) in [6, 6.07) is 14.3. The van der Waals surface area contributed by atoms with Crippen LogP contribution < -0.4 is 4.80 Å². The Labute approximate surface area is 178 Å². The molecule has 0 N–H and O–H groups in total. The maximum absolute atomic E-state index is 12.5. The fourth-order valence-electron chi connectivity index (χ4n) is 2.92. The van der Waals surface area contributed by atoms with Crippen LogP contribution in [0.15, 0.2) is 58.4 Å². The molecule has 0 aliphatic heterocycles. The lowest BCUT2D eigenvalue weighted by molar-refractivity contribution is -0.143. The Morgan fingerprint density at radius 2 is 1.87 bits per heavy atom. The van der Waals surface area contributed by atoms with Gasteiger partial charge in [-0.15, -0.1) is 0 Å². The van der Waals surface area contributed by atoms with Gasteiger partial charge in [0.15, 0.2) is 14.6 Å². The summed E-state index contributed by atoms with van der Waals surface area (Å²) in [5.41, 5.74) is 1.66. The summed E-state index contributed by atoms with van der Waals surface area (Å²) in [6.07, 6.45) is 1.92. The zero-order chi connectivity index (χ0) is 21.7. The number of rotatable bonds is 7. The second kappa shape index (κ2) is 9.36. The van der Waals surface area contributed by atoms with Gasteiger partial charge < -0.3 is 9.30 Å². The van der Waals surface area contributed by atoms with Gasteiger partial charge in [0.25, 0.3) is 0 Å². The Bertz CT molecular complexity index is 1240. The number of thiazole rings is 1. The molecule has 0 radical (unpaired) electrons. The van der Waals surface area contributed by atoms with Crippen molar-refractivity contribution in [1.82, 2.24) is 4.57 Å². The Morgan fingerprint density at radius 3 is 2.53 bits per heavy atom. The summed E-state index contributed by atoms with van der Waals surface area (Å²) < 4.78 is 31.0. The predicted molar refractivity (Wildman–Crippen MR) is 115 cm³/mol. The number of amides is 1. The molecule has 0 aliphatic carbocycles. The van der Waals surface area contributed by atoms with Crippen molar-refractivity contribution in [2.45, 2.75) is 31.2 Å². The highest BCUT2D eigenvalue weighted by Crippen LogP contribution is 2.22. The third kappa shape index (κ3) is 5.43. The van der Waals surface area contributed by atoms with Crippen LogP contribution in [0.2, 0.25) is 0 Å². The first-order chi connectivity index (χ1) is 14.3. The van der Waals surface area contributed by atoms with E-state index in [1.54, 1.807) is 17.6 Å². The number of sulfone groups is 1. The smallest absolute Gasteiger partial charge is 0.326 e. The fraction of sp³-hybridized carbons (Fsp3) is 0.286. The van der Waals surface area contributed by atoms with Crippen LogP contribution in [-0.2, 0) is 37.1 Å². The molecule has 30 heavy (non-hydrogen) atoms. The minimum absolute atomic E-state index is 0.114. The standard InChI is InChI=1S/C21H22N2O5S2/c1-3-28-20(25)14-23-17-11-10-16(30(2,26)27)13-18(17)29-21(23)22-19(24)12-9-15-7-5-4-6-8-15/h4-8,10-11,13H,3,9,12,14H2,1-2H3. The summed E-state index contributed by atoms with van der Waals surface area (Å²) in [5, 5.41) is 0. The van der Waals surface area contributed by atoms with Crippen molar-refractivity contribution < 1.29 is 22.7 Å². The average molecular weight is 447 g/mol. The highest BCUT2D eigenvalue weighted by atomic mass is 32.2. The molecule has 0 saturated carbocycles. The number of fused-ring (bicyclic) bond motifs is 1. The molecule has 1 heterocycles. The summed E-state index contributed by atoms with van der Waals surface area (Å²) in [4.78, 5) is 29.2. The number of carbonyl (C=O) groups is 2. The maximum atomic E-state index is 12.5. The van der Waals surface area contributed by atoms with Crippen LogP contribution >= 0.6 is 11.3 Å². The second-order valence-electron chi connectivity index (χ2n) is 6.67. The van der Waals surface area contributed by atoms with Crippen LogP contribution in [0.4, 0.5) is 0 Å². The first kappa shape index (κ1) is 21.9. The summed E-state index contributed by atoms with van der Waals surface area (Å²) in [5.74, 6) is -0.770. The van der Waals surface area contributed by atoms with E-state index in [0.717, 1.165) is 11.8 Å². The SMILES string of the molecule is CCOC(=O)Cn1c(=NC(=O)CCc2ccccc2)sc2cc(S(C)(=O)=O)ccc21. The van der Waals surface area contributed by atoms with Crippen molar-refractivity contribution in [3.05, 3.63) is 58.9 Å². The van der Waals surface area contributed by atoms with Crippen molar-refractivity contribution in [2.24, 2.45) is 4.99 Å². The minimum Gasteiger partial charge on any atom is -0.465 e. The second-order valence-corrected chi connectivity index (χ2v) is 9.69. The minimum atomic E-state index is -3.38. The lowest BCUT2D eigenvalue weighted by Gasteiger charge is -2.05. The maximum Gasteiger partial charge on any atom is 0.326 e. The molecule has 3 aromatic rings. The van der Waals surface area contributed by atoms with Gasteiger partial charge in [-0.25, -0.2) is 8.42 Å². The number of nitrogens with zero attached hydrogens (tertiary/aromatic N) is 2. The molecule has 9 heteroatoms. The van der Waals surface area contributed by atoms with Crippen molar-refractivity contribution in [3.63, 3.8) is 0 Å². The van der Waals surface area contributed by atoms with E-state index in [0.29, 0.717) is 21.4 Å². The lowest BCUT2D eigenvalue weighted by atomic mass is 10.1. The van der Waals surface area contributed by atoms with Crippen LogP contribution in [0.1, 0.15) is 18.9 Å². The summed E-state index contributed by atoms with van der Waals surface area (Å²) in [7, 11) is -3.38. The van der Waals surface area contributed by atoms with Crippen LogP contribution in [0.25, 0.3) is 10.2 Å². The van der Waals surface area contributed by atoms with Gasteiger partial charge >= 0.3 is 5.97 Å². The number of aryl methyl sites for hydroxylation is 1. The van der Waals surface area contributed by atoms with E-state index < -0.39 is 15.8 Å². The van der Waals surface area contributed by atoms with Gasteiger partial charge in [-0.05, 0) is 37.1 Å². The molecule has 0 saturated heterocycles. The molecule has 3 rings (SSSR count). The number of carbonyl (C=O) groups excluding carboxylic acids is 2. The monoisotopic (exact) mass is 446 g/mol. The van der Waals surface area contributed by atoms with Crippen molar-refractivity contribution in [1.29, 1.82) is 0 Å². The molecule has 158 valence electrons. The number of hydrogen-bond acceptors (Lipinski definition) is 6. The van der Waals surface area contributed by atoms with E-state index in [1.165, 1.54) is 23.5 Å². The van der Waals surface area contributed by atoms with Crippen LogP contribution in [0.5, 0.6) is 0 Å². The van der Waals surface area contributed by atoms with E-state index in [2.05, 4.69) is 4.99 Å². The summed E-state index contributed by atoms with van der Waals surface area (Å²) in [6.45, 7) is 1.84. The number of ether oxygens (including phenoxy) is 1. The Hall–Kier alpha value is -2.78. The molecule has 0 fully saturated rings. The quantitative estimate of drug-likeness (QED) is 0.520. The predicted octanol–water partition coefficient (Wildman–Crippen LogP) is 2.73. The van der Waals surface area contributed by atoms with Crippen LogP contribution in [0, 0.1) is 0 Å². The third-order valence-corrected chi connectivity index (χ3v) is 6.52. The number of aromatic nitrogens is 1. The van der Waals surface area contributed by atoms with E-state index in [1.807, 2.05) is 30.3 Å². The molecule has 1 aromatic heterocycles. The topological polar surface area (TPSA) is 94.8 Å². The lowest BCUT2D eigenvalue weighted by Crippen LogP contribution is -2.23. The van der Waals surface area contributed by atoms with E-state index in [9.17, 15) is 18.0 Å². The molecule has 0 aliphatic rings.